The van der Waals surface area contributed by atoms with Crippen molar-refractivity contribution in [3.8, 4) is 0 Å². The summed E-state index contributed by atoms with van der Waals surface area (Å²) in [5, 5.41) is 0. The third kappa shape index (κ3) is 20.3. The zero-order valence-corrected chi connectivity index (χ0v) is 19.3. The van der Waals surface area contributed by atoms with Crippen molar-refractivity contribution in [2.75, 3.05) is 6.54 Å². The van der Waals surface area contributed by atoms with Crippen LogP contribution < -0.4 is 0 Å². The molecule has 0 N–H and O–H groups in total. The molecule has 0 aliphatic carbocycles. The minimum absolute atomic E-state index is 0.121. The lowest BCUT2D eigenvalue weighted by atomic mass is 10.1. The molecule has 0 saturated carbocycles. The van der Waals surface area contributed by atoms with Gasteiger partial charge in [-0.25, -0.2) is 0 Å². The van der Waals surface area contributed by atoms with E-state index in [1.807, 2.05) is 0 Å². The fourth-order valence-corrected chi connectivity index (χ4v) is 3.77. The summed E-state index contributed by atoms with van der Waals surface area (Å²) >= 11 is 6.14. The fourth-order valence-electron chi connectivity index (χ4n) is 3.57. The maximum atomic E-state index is 12.0. The van der Waals surface area contributed by atoms with Gasteiger partial charge < -0.3 is 0 Å². The molecule has 0 rings (SSSR count). The Kier molecular flexibility index (Phi) is 21.9. The molecule has 0 aliphatic heterocycles. The number of carbonyl (C=O) groups excluding carboxylic acids is 1. The summed E-state index contributed by atoms with van der Waals surface area (Å²) in [6, 6.07) is 0. The molecule has 0 aromatic carbocycles. The van der Waals surface area contributed by atoms with Crippen molar-refractivity contribution in [2.24, 2.45) is 0 Å². The predicted octanol–water partition coefficient (Wildman–Crippen LogP) is 8.81. The van der Waals surface area contributed by atoms with Crippen LogP contribution in [-0.4, -0.2) is 16.9 Å². The van der Waals surface area contributed by atoms with Crippen LogP contribution in [0, 0.1) is 0 Å². The average Bonchev–Trinajstić information content (AvgIpc) is 2.67. The van der Waals surface area contributed by atoms with Gasteiger partial charge in [0.15, 0.2) is 0 Å². The first-order chi connectivity index (χ1) is 13.2. The van der Waals surface area contributed by atoms with Crippen LogP contribution in [0.2, 0.25) is 0 Å². The molecule has 0 atom stereocenters. The Bertz CT molecular complexity index is 309. The van der Waals surface area contributed by atoms with Gasteiger partial charge in [-0.3, -0.25) is 9.21 Å². The topological polar surface area (TPSA) is 20.3 Å². The molecule has 27 heavy (non-hydrogen) atoms. The van der Waals surface area contributed by atoms with Crippen LogP contribution in [0.25, 0.3) is 0 Å². The van der Waals surface area contributed by atoms with Crippen molar-refractivity contribution in [3.05, 3.63) is 0 Å². The van der Waals surface area contributed by atoms with Crippen LogP contribution in [0.4, 0.5) is 0 Å². The third-order valence-electron chi connectivity index (χ3n) is 5.47. The van der Waals surface area contributed by atoms with E-state index in [4.69, 9.17) is 11.8 Å². The van der Waals surface area contributed by atoms with Crippen molar-refractivity contribution in [1.29, 1.82) is 0 Å². The minimum Gasteiger partial charge on any atom is -0.274 e. The lowest BCUT2D eigenvalue weighted by Gasteiger charge is -2.13. The van der Waals surface area contributed by atoms with Gasteiger partial charge in [0, 0.05) is 24.7 Å². The molecule has 1 amide bonds. The molecule has 0 aromatic rings. The van der Waals surface area contributed by atoms with E-state index >= 15 is 0 Å². The molecule has 3 heteroatoms. The Morgan fingerprint density at radius 3 is 1.30 bits per heavy atom. The second kappa shape index (κ2) is 22.1. The first-order valence-electron chi connectivity index (χ1n) is 12.2. The molecule has 0 aliphatic rings. The summed E-state index contributed by atoms with van der Waals surface area (Å²) in [7, 11) is 0. The normalized spacial score (nSPS) is 11.1. The summed E-state index contributed by atoms with van der Waals surface area (Å²) in [6.07, 6.45) is 25.3. The smallest absolute Gasteiger partial charge is 0.236 e. The second-order valence-electron chi connectivity index (χ2n) is 8.24. The summed E-state index contributed by atoms with van der Waals surface area (Å²) in [6.45, 7) is 5.24. The van der Waals surface area contributed by atoms with Crippen molar-refractivity contribution in [3.63, 3.8) is 0 Å². The Morgan fingerprint density at radius 1 is 0.556 bits per heavy atom. The molecule has 162 valence electrons. The van der Waals surface area contributed by atoms with E-state index in [1.165, 1.54) is 114 Å². The number of unbranched alkanes of at least 4 members (excludes halogenated alkanes) is 17. The van der Waals surface area contributed by atoms with E-state index in [-0.39, 0.29) is 5.91 Å². The van der Waals surface area contributed by atoms with Gasteiger partial charge in [-0.15, -0.1) is 0 Å². The molecule has 0 radical (unpaired) electrons. The number of halogens is 1. The summed E-state index contributed by atoms with van der Waals surface area (Å²) in [4.78, 5) is 12.0. The molecular weight excluding hydrogens is 354 g/mol. The molecular formula is C24H48ClNO. The van der Waals surface area contributed by atoms with Crippen LogP contribution in [-0.2, 0) is 4.79 Å². The van der Waals surface area contributed by atoms with Gasteiger partial charge in [0.25, 0.3) is 0 Å². The zero-order valence-electron chi connectivity index (χ0n) is 18.6. The van der Waals surface area contributed by atoms with Gasteiger partial charge in [-0.2, -0.15) is 0 Å². The average molecular weight is 402 g/mol. The molecule has 0 saturated heterocycles. The van der Waals surface area contributed by atoms with Crippen LogP contribution in [0.5, 0.6) is 0 Å². The van der Waals surface area contributed by atoms with Crippen molar-refractivity contribution in [1.82, 2.24) is 4.42 Å². The highest BCUT2D eigenvalue weighted by Crippen LogP contribution is 2.13. The highest BCUT2D eigenvalue weighted by Gasteiger charge is 2.09. The summed E-state index contributed by atoms with van der Waals surface area (Å²) in [5.41, 5.74) is 0. The van der Waals surface area contributed by atoms with Gasteiger partial charge in [0.2, 0.25) is 5.91 Å². The highest BCUT2D eigenvalue weighted by atomic mass is 35.5. The molecule has 0 heterocycles. The van der Waals surface area contributed by atoms with E-state index in [9.17, 15) is 4.79 Å². The molecule has 2 nitrogen and oxygen atoms in total. The van der Waals surface area contributed by atoms with Gasteiger partial charge in [-0.05, 0) is 12.8 Å². The van der Waals surface area contributed by atoms with Crippen molar-refractivity contribution < 1.29 is 4.79 Å². The number of carbonyl (C=O) groups is 1. The quantitative estimate of drug-likeness (QED) is 0.139. The monoisotopic (exact) mass is 401 g/mol. The van der Waals surface area contributed by atoms with Gasteiger partial charge >= 0.3 is 0 Å². The minimum atomic E-state index is 0.121. The van der Waals surface area contributed by atoms with Crippen LogP contribution >= 0.6 is 11.8 Å². The van der Waals surface area contributed by atoms with E-state index < -0.39 is 0 Å². The van der Waals surface area contributed by atoms with E-state index in [0.717, 1.165) is 12.8 Å². The standard InChI is InChI=1S/C24H48ClNO/c1-3-5-7-9-11-13-15-17-19-21-23-26(25)24(27)22-20-18-16-14-12-10-8-6-4-2/h3-23H2,1-2H3. The SMILES string of the molecule is CCCCCCCCCCCCN(Cl)C(=O)CCCCCCCCCCC. The molecule has 0 aromatic heterocycles. The summed E-state index contributed by atoms with van der Waals surface area (Å²) in [5.74, 6) is 0.121. The number of hydrogen-bond donors (Lipinski definition) is 0. The lowest BCUT2D eigenvalue weighted by molar-refractivity contribution is -0.126. The number of rotatable bonds is 21. The number of amides is 1. The molecule has 0 bridgehead atoms. The second-order valence-corrected chi connectivity index (χ2v) is 8.65. The third-order valence-corrected chi connectivity index (χ3v) is 5.83. The van der Waals surface area contributed by atoms with E-state index in [0.29, 0.717) is 13.0 Å². The van der Waals surface area contributed by atoms with Crippen molar-refractivity contribution >= 4 is 17.7 Å². The summed E-state index contributed by atoms with van der Waals surface area (Å²) < 4.78 is 1.44. The zero-order chi connectivity index (χ0) is 20.0. The Morgan fingerprint density at radius 2 is 0.889 bits per heavy atom. The maximum absolute atomic E-state index is 12.0. The first kappa shape index (κ1) is 26.8. The Balaban J connectivity index is 3.32. The lowest BCUT2D eigenvalue weighted by Crippen LogP contribution is -2.22. The molecule has 0 fully saturated rings. The van der Waals surface area contributed by atoms with Gasteiger partial charge in [0.1, 0.15) is 0 Å². The van der Waals surface area contributed by atoms with Crippen LogP contribution in [0.15, 0.2) is 0 Å². The predicted molar refractivity (Wildman–Crippen MR) is 121 cm³/mol. The molecule has 0 unspecified atom stereocenters. The van der Waals surface area contributed by atoms with Crippen LogP contribution in [0.3, 0.4) is 0 Å². The van der Waals surface area contributed by atoms with E-state index in [2.05, 4.69) is 13.8 Å². The van der Waals surface area contributed by atoms with E-state index in [1.54, 1.807) is 0 Å². The Hall–Kier alpha value is -0.240. The van der Waals surface area contributed by atoms with Crippen LogP contribution in [0.1, 0.15) is 142 Å². The van der Waals surface area contributed by atoms with Gasteiger partial charge in [-0.1, -0.05) is 123 Å². The van der Waals surface area contributed by atoms with Crippen molar-refractivity contribution in [2.45, 2.75) is 142 Å². The maximum Gasteiger partial charge on any atom is 0.236 e. The number of hydrogen-bond acceptors (Lipinski definition) is 1. The highest BCUT2D eigenvalue weighted by molar-refractivity contribution is 6.21. The van der Waals surface area contributed by atoms with Gasteiger partial charge in [0.05, 0.1) is 0 Å². The number of nitrogens with zero attached hydrogens (tertiary/aromatic N) is 1. The molecule has 0 spiro atoms. The largest absolute Gasteiger partial charge is 0.274 e. The first-order valence-corrected chi connectivity index (χ1v) is 12.5. The fraction of sp³-hybridized carbons (Fsp3) is 0.958. The Labute approximate surface area is 175 Å².